The van der Waals surface area contributed by atoms with Gasteiger partial charge in [-0.05, 0) is 80.7 Å². The maximum atomic E-state index is 4.93. The molecule has 0 bridgehead atoms. The molecule has 322 valence electrons. The molecule has 6 aromatic rings. The van der Waals surface area contributed by atoms with Crippen LogP contribution in [-0.2, 0) is 44.5 Å². The zero-order valence-electron chi connectivity index (χ0n) is 40.6. The van der Waals surface area contributed by atoms with Crippen molar-refractivity contribution in [3.8, 4) is 22.3 Å². The molecule has 0 spiro atoms. The van der Waals surface area contributed by atoms with E-state index in [1.165, 1.54) is 88.3 Å². The van der Waals surface area contributed by atoms with Gasteiger partial charge in [0.25, 0.3) is 0 Å². The van der Waals surface area contributed by atoms with Crippen LogP contribution in [0.1, 0.15) is 179 Å². The number of rotatable bonds is 8. The fourth-order valence-corrected chi connectivity index (χ4v) is 7.77. The van der Waals surface area contributed by atoms with Crippen molar-refractivity contribution in [1.82, 2.24) is 0 Å². The van der Waals surface area contributed by atoms with Crippen LogP contribution in [0.3, 0.4) is 0 Å². The Hall–Kier alpha value is -2.22. The number of aryl methyl sites for hydroxylation is 2. The van der Waals surface area contributed by atoms with E-state index in [0.29, 0.717) is 23.7 Å². The van der Waals surface area contributed by atoms with Gasteiger partial charge in [-0.3, -0.25) is 0 Å². The summed E-state index contributed by atoms with van der Waals surface area (Å²) in [6.45, 7) is 41.0. The van der Waals surface area contributed by atoms with E-state index in [9.17, 15) is 0 Å². The maximum absolute atomic E-state index is 4.93. The Morgan fingerprint density at radius 1 is 0.500 bits per heavy atom. The third kappa shape index (κ3) is 13.4. The van der Waals surface area contributed by atoms with Crippen molar-refractivity contribution in [3.05, 3.63) is 129 Å². The van der Waals surface area contributed by atoms with Crippen molar-refractivity contribution in [1.29, 1.82) is 0 Å². The van der Waals surface area contributed by atoms with E-state index in [2.05, 4.69) is 209 Å². The first kappa shape index (κ1) is 52.1. The molecule has 0 amide bonds. The normalized spacial score (nSPS) is 11.7. The van der Waals surface area contributed by atoms with Crippen LogP contribution in [0, 0.1) is 0 Å². The molecule has 60 heavy (non-hydrogen) atoms. The molecule has 0 aliphatic rings. The van der Waals surface area contributed by atoms with Crippen LogP contribution in [0.15, 0.2) is 84.9 Å². The van der Waals surface area contributed by atoms with Gasteiger partial charge in [0.2, 0.25) is 0 Å². The Balaban J connectivity index is 0.000000283. The number of hydrogen-bond acceptors (Lipinski definition) is 0. The average Bonchev–Trinajstić information content (AvgIpc) is 3.83. The fraction of sp³-hybridized carbons (Fsp3) is 0.464. The van der Waals surface area contributed by atoms with E-state index < -0.39 is 20.8 Å². The number of hydrogen-bond donors (Lipinski definition) is 0. The summed E-state index contributed by atoms with van der Waals surface area (Å²) < 4.78 is 0. The third-order valence-corrected chi connectivity index (χ3v) is 11.6. The molecule has 0 aliphatic heterocycles. The van der Waals surface area contributed by atoms with E-state index >= 15 is 0 Å². The van der Waals surface area contributed by atoms with E-state index in [1.54, 1.807) is 0 Å². The first-order valence-electron chi connectivity index (χ1n) is 22.4. The molecule has 0 heterocycles. The average molecular weight is 939 g/mol. The van der Waals surface area contributed by atoms with Crippen molar-refractivity contribution in [2.24, 2.45) is 0 Å². The number of benzene rings is 4. The summed E-state index contributed by atoms with van der Waals surface area (Å²) >= 11 is -0.826. The van der Waals surface area contributed by atoms with Crippen molar-refractivity contribution >= 4 is 48.1 Å². The Kier molecular flexibility index (Phi) is 19.9. The van der Waals surface area contributed by atoms with Gasteiger partial charge in [-0.1, -0.05) is 183 Å². The molecule has 0 saturated carbocycles. The van der Waals surface area contributed by atoms with Gasteiger partial charge in [-0.25, -0.2) is 0 Å². The zero-order valence-corrected chi connectivity index (χ0v) is 45.5. The predicted molar refractivity (Wildman–Crippen MR) is 272 cm³/mol. The molecule has 0 nitrogen and oxygen atoms in total. The molecule has 0 atom stereocenters. The first-order valence-corrected chi connectivity index (χ1v) is 30.7. The molecule has 0 unspecified atom stereocenters. The summed E-state index contributed by atoms with van der Waals surface area (Å²) in [6, 6.07) is 33.4. The standard InChI is InChI=1S/2C27H35.C2H6Si.2ClH.Zr/c2*1-9-19-10-11-20-15-24(27(6,7)8)16-25(20)26(19)23-13-21(17(2)3)12-22(14-23)18(4)5;1-3-2;;;/h2*10-18H,9H2,1-8H3;1-2H3;2*1H;/q2*-1;;;;+4/p-2. The topological polar surface area (TPSA) is 0 Å². The van der Waals surface area contributed by atoms with Crippen LogP contribution in [0.25, 0.3) is 43.8 Å². The Labute approximate surface area is 388 Å². The summed E-state index contributed by atoms with van der Waals surface area (Å²) in [5.41, 5.74) is 17.5. The van der Waals surface area contributed by atoms with E-state index in [-0.39, 0.29) is 10.8 Å². The van der Waals surface area contributed by atoms with Crippen LogP contribution in [0.4, 0.5) is 0 Å². The van der Waals surface area contributed by atoms with Gasteiger partial charge in [0.05, 0.1) is 0 Å². The zero-order chi connectivity index (χ0) is 45.3. The number of halogens is 2. The molecule has 4 heteroatoms. The molecule has 0 saturated heterocycles. The van der Waals surface area contributed by atoms with Crippen molar-refractivity contribution in [2.75, 3.05) is 0 Å². The minimum absolute atomic E-state index is 0.172. The fourth-order valence-electron chi connectivity index (χ4n) is 7.77. The first-order chi connectivity index (χ1) is 28.1. The van der Waals surface area contributed by atoms with Gasteiger partial charge in [-0.15, -0.1) is 69.1 Å². The Morgan fingerprint density at radius 2 is 0.767 bits per heavy atom. The van der Waals surface area contributed by atoms with Crippen molar-refractivity contribution in [3.63, 3.8) is 0 Å². The van der Waals surface area contributed by atoms with Crippen LogP contribution in [0.2, 0.25) is 13.1 Å². The monoisotopic (exact) mass is 936 g/mol. The SMILES string of the molecule is CCc1ccc2[cH-]c(C(C)(C)C)cc2c1-c1cc(C(C)C)cc(C(C)C)c1.CCc1ccc2[cH-]c(C(C)(C)C)cc2c1-c1cc(C(C)C)cc(C(C)C)c1.C[Si]C.[Cl][Zr+2][Cl]. The quantitative estimate of drug-likeness (QED) is 0.105. The summed E-state index contributed by atoms with van der Waals surface area (Å²) in [5, 5.41) is 5.56. The molecule has 2 radical (unpaired) electrons. The molecule has 6 rings (SSSR count). The van der Waals surface area contributed by atoms with Crippen LogP contribution < -0.4 is 0 Å². The summed E-state index contributed by atoms with van der Waals surface area (Å²) in [7, 11) is 11.0. The van der Waals surface area contributed by atoms with E-state index in [4.69, 9.17) is 17.0 Å². The second-order valence-electron chi connectivity index (χ2n) is 19.9. The van der Waals surface area contributed by atoms with Crippen molar-refractivity contribution in [2.45, 2.75) is 171 Å². The van der Waals surface area contributed by atoms with Gasteiger partial charge >= 0.3 is 37.9 Å². The minimum atomic E-state index is -0.826. The van der Waals surface area contributed by atoms with Gasteiger partial charge < -0.3 is 0 Å². The predicted octanol–water partition coefficient (Wildman–Crippen LogP) is 18.8. The second-order valence-corrected chi connectivity index (χ2v) is 24.6. The second kappa shape index (κ2) is 22.9. The molecule has 6 aromatic carbocycles. The van der Waals surface area contributed by atoms with Crippen LogP contribution in [0.5, 0.6) is 0 Å². The molecule has 0 aliphatic carbocycles. The van der Waals surface area contributed by atoms with Gasteiger partial charge in [-0.2, -0.15) is 12.1 Å². The summed E-state index contributed by atoms with van der Waals surface area (Å²) in [5.74, 6) is 2.15. The van der Waals surface area contributed by atoms with Gasteiger partial charge in [0, 0.05) is 9.52 Å². The third-order valence-electron chi connectivity index (χ3n) is 11.6. The van der Waals surface area contributed by atoms with Gasteiger partial charge in [0.15, 0.2) is 0 Å². The van der Waals surface area contributed by atoms with Gasteiger partial charge in [0.1, 0.15) is 0 Å². The molecular formula is C56H76Cl2SiZr. The van der Waals surface area contributed by atoms with E-state index in [1.807, 2.05) is 0 Å². The molecule has 0 N–H and O–H groups in total. The number of fused-ring (bicyclic) bond motifs is 2. The van der Waals surface area contributed by atoms with Crippen LogP contribution in [-0.4, -0.2) is 9.52 Å². The summed E-state index contributed by atoms with van der Waals surface area (Å²) in [4.78, 5) is 0. The van der Waals surface area contributed by atoms with E-state index in [0.717, 1.165) is 22.4 Å². The van der Waals surface area contributed by atoms with Crippen molar-refractivity contribution < 1.29 is 20.8 Å². The molecular weight excluding hydrogens is 863 g/mol. The molecule has 0 fully saturated rings. The summed E-state index contributed by atoms with van der Waals surface area (Å²) in [6.07, 6.45) is 2.12. The molecule has 0 aromatic heterocycles. The Morgan fingerprint density at radius 3 is 0.983 bits per heavy atom. The Bertz CT molecular complexity index is 2050. The van der Waals surface area contributed by atoms with Crippen LogP contribution >= 0.6 is 17.0 Å².